The maximum Gasteiger partial charge on any atom is 0.326 e. The van der Waals surface area contributed by atoms with E-state index in [9.17, 15) is 29.1 Å². The molecule has 0 aromatic heterocycles. The van der Waals surface area contributed by atoms with Gasteiger partial charge in [0.25, 0.3) is 0 Å². The molecule has 15 nitrogen and oxygen atoms in total. The molecule has 212 valence electrons. The van der Waals surface area contributed by atoms with E-state index in [1.54, 1.807) is 13.8 Å². The van der Waals surface area contributed by atoms with Crippen molar-refractivity contribution in [2.24, 2.45) is 39.6 Å². The Kier molecular flexibility index (Phi) is 16.2. The van der Waals surface area contributed by atoms with E-state index in [4.69, 9.17) is 28.7 Å². The maximum atomic E-state index is 13.1. The van der Waals surface area contributed by atoms with E-state index in [-0.39, 0.29) is 18.9 Å². The minimum atomic E-state index is -1.47. The zero-order valence-corrected chi connectivity index (χ0v) is 21.6. The molecule has 5 atom stereocenters. The maximum absolute atomic E-state index is 13.1. The Bertz CT molecular complexity index is 804. The first-order valence-electron chi connectivity index (χ1n) is 12.3. The van der Waals surface area contributed by atoms with Gasteiger partial charge in [-0.15, -0.1) is 0 Å². The van der Waals surface area contributed by atoms with E-state index < -0.39 is 66.1 Å². The lowest BCUT2D eigenvalue weighted by Crippen LogP contribution is -2.58. The molecule has 0 fully saturated rings. The van der Waals surface area contributed by atoms with Gasteiger partial charge in [0.1, 0.15) is 18.1 Å². The van der Waals surface area contributed by atoms with Crippen LogP contribution in [0.3, 0.4) is 0 Å². The second kappa shape index (κ2) is 17.9. The summed E-state index contributed by atoms with van der Waals surface area (Å²) >= 11 is 0. The van der Waals surface area contributed by atoms with Crippen LogP contribution in [-0.2, 0) is 24.0 Å². The summed E-state index contributed by atoms with van der Waals surface area (Å²) in [7, 11) is 0. The highest BCUT2D eigenvalue weighted by molar-refractivity contribution is 5.96. The molecule has 0 aliphatic rings. The fourth-order valence-electron chi connectivity index (χ4n) is 3.31. The van der Waals surface area contributed by atoms with Crippen molar-refractivity contribution in [2.45, 2.75) is 83.0 Å². The number of carbonyl (C=O) groups is 5. The second-order valence-electron chi connectivity index (χ2n) is 8.84. The summed E-state index contributed by atoms with van der Waals surface area (Å²) < 4.78 is 0. The highest BCUT2D eigenvalue weighted by Crippen LogP contribution is 2.09. The van der Waals surface area contributed by atoms with Gasteiger partial charge in [0.05, 0.1) is 12.5 Å². The lowest BCUT2D eigenvalue weighted by molar-refractivity contribution is -0.144. The normalized spacial score (nSPS) is 14.8. The van der Waals surface area contributed by atoms with E-state index in [0.717, 1.165) is 0 Å². The lowest BCUT2D eigenvalue weighted by Gasteiger charge is -2.26. The molecule has 0 heterocycles. The highest BCUT2D eigenvalue weighted by atomic mass is 16.4. The van der Waals surface area contributed by atoms with Crippen molar-refractivity contribution >= 4 is 35.6 Å². The number of hydrogen-bond acceptors (Lipinski definition) is 8. The van der Waals surface area contributed by atoms with Crippen molar-refractivity contribution in [1.82, 2.24) is 16.0 Å². The Hall–Kier alpha value is -3.46. The number of carbonyl (C=O) groups excluding carboxylic acids is 4. The number of guanidine groups is 1. The molecule has 0 spiro atoms. The molecule has 15 heteroatoms. The van der Waals surface area contributed by atoms with Crippen LogP contribution in [0.4, 0.5) is 0 Å². The standard InChI is InChI=1S/C22H43N9O6/c1-3-12(2)17(21(36)37)31-20(35)15(11-16(25)32)30-19(34)14(8-6-10-28-22(26)27)29-18(33)13(24)7-4-5-9-23/h12-15,17H,3-11,23-24H2,1-2H3,(H2,25,32)(H,29,33)(H,30,34)(H,31,35)(H,36,37)(H4,26,27,28). The average molecular weight is 530 g/mol. The molecular weight excluding hydrogens is 486 g/mol. The molecule has 37 heavy (non-hydrogen) atoms. The smallest absolute Gasteiger partial charge is 0.326 e. The summed E-state index contributed by atoms with van der Waals surface area (Å²) in [5.74, 6) is -4.99. The number of nitrogens with one attached hydrogen (secondary N) is 3. The fraction of sp³-hybridized carbons (Fsp3) is 0.727. The van der Waals surface area contributed by atoms with Crippen LogP contribution in [0.2, 0.25) is 0 Å². The van der Waals surface area contributed by atoms with Gasteiger partial charge in [-0.3, -0.25) is 24.2 Å². The summed E-state index contributed by atoms with van der Waals surface area (Å²) in [4.78, 5) is 65.5. The van der Waals surface area contributed by atoms with Gasteiger partial charge >= 0.3 is 5.97 Å². The summed E-state index contributed by atoms with van der Waals surface area (Å²) in [5, 5.41) is 16.8. The molecule has 0 aliphatic heterocycles. The van der Waals surface area contributed by atoms with Gasteiger partial charge in [0.15, 0.2) is 5.96 Å². The van der Waals surface area contributed by atoms with Gasteiger partial charge < -0.3 is 49.7 Å². The van der Waals surface area contributed by atoms with Crippen molar-refractivity contribution in [3.8, 4) is 0 Å². The molecule has 0 aromatic rings. The molecular formula is C22H43N9O6. The van der Waals surface area contributed by atoms with Gasteiger partial charge in [-0.2, -0.15) is 0 Å². The van der Waals surface area contributed by atoms with E-state index in [0.29, 0.717) is 38.6 Å². The molecule has 0 radical (unpaired) electrons. The Balaban J connectivity index is 5.62. The lowest BCUT2D eigenvalue weighted by atomic mass is 9.98. The number of amides is 4. The number of carboxylic acids is 1. The van der Waals surface area contributed by atoms with Crippen LogP contribution in [0.25, 0.3) is 0 Å². The van der Waals surface area contributed by atoms with Crippen LogP contribution in [0.1, 0.15) is 58.8 Å². The van der Waals surface area contributed by atoms with Crippen LogP contribution in [0.15, 0.2) is 4.99 Å². The summed E-state index contributed by atoms with van der Waals surface area (Å²) in [5.41, 5.74) is 27.2. The third-order valence-corrected chi connectivity index (χ3v) is 5.70. The minimum Gasteiger partial charge on any atom is -0.480 e. The van der Waals surface area contributed by atoms with Gasteiger partial charge in [-0.1, -0.05) is 26.7 Å². The van der Waals surface area contributed by atoms with Crippen molar-refractivity contribution in [3.63, 3.8) is 0 Å². The second-order valence-corrected chi connectivity index (χ2v) is 8.84. The summed E-state index contributed by atoms with van der Waals surface area (Å²) in [6.07, 6.45) is 1.90. The number of primary amides is 1. The number of hydrogen-bond donors (Lipinski definition) is 9. The summed E-state index contributed by atoms with van der Waals surface area (Å²) in [6, 6.07) is -4.75. The first-order chi connectivity index (χ1) is 17.3. The number of unbranched alkanes of at least 4 members (excludes halogenated alkanes) is 1. The van der Waals surface area contributed by atoms with E-state index in [1.165, 1.54) is 0 Å². The third-order valence-electron chi connectivity index (χ3n) is 5.70. The van der Waals surface area contributed by atoms with Gasteiger partial charge in [0.2, 0.25) is 23.6 Å². The Morgan fingerprint density at radius 1 is 0.865 bits per heavy atom. The van der Waals surface area contributed by atoms with Crippen LogP contribution in [0.5, 0.6) is 0 Å². The van der Waals surface area contributed by atoms with Gasteiger partial charge in [-0.25, -0.2) is 4.79 Å². The minimum absolute atomic E-state index is 0.0827. The predicted octanol–water partition coefficient (Wildman–Crippen LogP) is -3.04. The van der Waals surface area contributed by atoms with Crippen molar-refractivity contribution in [3.05, 3.63) is 0 Å². The van der Waals surface area contributed by atoms with E-state index in [2.05, 4.69) is 20.9 Å². The SMILES string of the molecule is CCC(C)C(NC(=O)C(CC(N)=O)NC(=O)C(CCCN=C(N)N)NC(=O)C(N)CCCCN)C(=O)O. The van der Waals surface area contributed by atoms with Gasteiger partial charge in [-0.05, 0) is 38.1 Å². The molecule has 14 N–H and O–H groups in total. The first-order valence-corrected chi connectivity index (χ1v) is 12.3. The van der Waals surface area contributed by atoms with Crippen molar-refractivity contribution in [1.29, 1.82) is 0 Å². The third kappa shape index (κ3) is 14.0. The average Bonchev–Trinajstić information content (AvgIpc) is 2.82. The number of nitrogens with two attached hydrogens (primary N) is 5. The van der Waals surface area contributed by atoms with E-state index >= 15 is 0 Å². The monoisotopic (exact) mass is 529 g/mol. The molecule has 0 rings (SSSR count). The number of carboxylic acid groups (broad SMARTS) is 1. The van der Waals surface area contributed by atoms with Crippen molar-refractivity contribution < 1.29 is 29.1 Å². The summed E-state index contributed by atoms with van der Waals surface area (Å²) in [6.45, 7) is 4.02. The van der Waals surface area contributed by atoms with Crippen LogP contribution in [0, 0.1) is 5.92 Å². The molecule has 0 bridgehead atoms. The molecule has 5 unspecified atom stereocenters. The number of rotatable bonds is 19. The quantitative estimate of drug-likeness (QED) is 0.0463. The molecule has 0 aromatic carbocycles. The number of aliphatic carboxylic acids is 1. The number of aliphatic imine (C=N–C) groups is 1. The van der Waals surface area contributed by atoms with Crippen LogP contribution < -0.4 is 44.6 Å². The molecule has 0 saturated carbocycles. The van der Waals surface area contributed by atoms with Crippen LogP contribution >= 0.6 is 0 Å². The fourth-order valence-corrected chi connectivity index (χ4v) is 3.31. The molecule has 4 amide bonds. The molecule has 0 aliphatic carbocycles. The van der Waals surface area contributed by atoms with Crippen LogP contribution in [-0.4, -0.2) is 77.9 Å². The Labute approximate surface area is 216 Å². The topological polar surface area (TPSA) is 284 Å². The Morgan fingerprint density at radius 2 is 1.46 bits per heavy atom. The Morgan fingerprint density at radius 3 is 1.97 bits per heavy atom. The number of nitrogens with zero attached hydrogens (tertiary/aromatic N) is 1. The highest BCUT2D eigenvalue weighted by Gasteiger charge is 2.32. The predicted molar refractivity (Wildman–Crippen MR) is 137 cm³/mol. The first kappa shape index (κ1) is 33.5. The zero-order valence-electron chi connectivity index (χ0n) is 21.6. The molecule has 0 saturated heterocycles. The largest absolute Gasteiger partial charge is 0.480 e. The van der Waals surface area contributed by atoms with Gasteiger partial charge in [0, 0.05) is 6.54 Å². The van der Waals surface area contributed by atoms with E-state index in [1.807, 2.05) is 0 Å². The van der Waals surface area contributed by atoms with Crippen molar-refractivity contribution in [2.75, 3.05) is 13.1 Å². The zero-order chi connectivity index (χ0) is 28.5.